The van der Waals surface area contributed by atoms with E-state index in [9.17, 15) is 4.79 Å². The summed E-state index contributed by atoms with van der Waals surface area (Å²) in [6.07, 6.45) is 3.36. The first-order chi connectivity index (χ1) is 14.7. The topological polar surface area (TPSA) is 60.3 Å². The highest BCUT2D eigenvalue weighted by Crippen LogP contribution is 2.30. The minimum Gasteiger partial charge on any atom is -0.497 e. The Morgan fingerprint density at radius 2 is 1.97 bits per heavy atom. The quantitative estimate of drug-likeness (QED) is 0.550. The number of hydrogen-bond acceptors (Lipinski definition) is 5. The number of ether oxygens (including phenoxy) is 1. The summed E-state index contributed by atoms with van der Waals surface area (Å²) in [4.78, 5) is 14.8. The summed E-state index contributed by atoms with van der Waals surface area (Å²) in [5.41, 5.74) is 1.87. The Morgan fingerprint density at radius 3 is 2.73 bits per heavy atom. The van der Waals surface area contributed by atoms with Gasteiger partial charge >= 0.3 is 0 Å². The Bertz CT molecular complexity index is 1010. The number of methoxy groups -OCH3 is 1. The fourth-order valence-corrected chi connectivity index (χ4v) is 4.64. The lowest BCUT2D eigenvalue weighted by atomic mass is 10.0. The summed E-state index contributed by atoms with van der Waals surface area (Å²) in [6.45, 7) is 2.98. The van der Waals surface area contributed by atoms with Crippen molar-refractivity contribution in [3.63, 3.8) is 0 Å². The Balaban J connectivity index is 1.63. The fourth-order valence-electron chi connectivity index (χ4n) is 3.80. The van der Waals surface area contributed by atoms with Crippen LogP contribution >= 0.6 is 11.8 Å². The van der Waals surface area contributed by atoms with Crippen molar-refractivity contribution in [3.8, 4) is 22.8 Å². The highest BCUT2D eigenvalue weighted by atomic mass is 32.2. The van der Waals surface area contributed by atoms with Gasteiger partial charge in [-0.25, -0.2) is 0 Å². The van der Waals surface area contributed by atoms with Gasteiger partial charge in [0, 0.05) is 23.8 Å². The first kappa shape index (κ1) is 20.5. The molecule has 0 saturated carbocycles. The number of para-hydroxylation sites is 1. The van der Waals surface area contributed by atoms with Crippen LogP contribution in [0, 0.1) is 0 Å². The smallest absolute Gasteiger partial charge is 0.233 e. The molecule has 0 aliphatic carbocycles. The number of aromatic nitrogens is 3. The zero-order valence-corrected chi connectivity index (χ0v) is 18.1. The highest BCUT2D eigenvalue weighted by Gasteiger charge is 2.24. The third-order valence-electron chi connectivity index (χ3n) is 5.42. The zero-order chi connectivity index (χ0) is 20.9. The lowest BCUT2D eigenvalue weighted by Crippen LogP contribution is -2.42. The van der Waals surface area contributed by atoms with E-state index in [4.69, 9.17) is 4.74 Å². The molecule has 0 radical (unpaired) electrons. The molecule has 0 unspecified atom stereocenters. The molecule has 0 N–H and O–H groups in total. The molecule has 2 heterocycles. The molecule has 0 bridgehead atoms. The van der Waals surface area contributed by atoms with Crippen molar-refractivity contribution >= 4 is 17.7 Å². The Hall–Kier alpha value is -2.80. The van der Waals surface area contributed by atoms with Gasteiger partial charge in [-0.2, -0.15) is 0 Å². The molecule has 1 amide bonds. The molecule has 1 atom stereocenters. The number of carbonyl (C=O) groups excluding carboxylic acids is 1. The van der Waals surface area contributed by atoms with Gasteiger partial charge in [-0.1, -0.05) is 42.1 Å². The standard InChI is InChI=1S/C23H26N4O2S/c1-17-9-6-7-14-26(17)21(28)16-30-23-25-24-22(18-10-8-13-20(15-18)29-2)27(23)19-11-4-3-5-12-19/h3-5,8,10-13,15,17H,6-7,9,14,16H2,1-2H3/t17-/m1/s1. The number of nitrogens with zero attached hydrogens (tertiary/aromatic N) is 4. The molecule has 156 valence electrons. The van der Waals surface area contributed by atoms with Crippen molar-refractivity contribution in [2.45, 2.75) is 37.4 Å². The van der Waals surface area contributed by atoms with E-state index in [1.165, 1.54) is 18.2 Å². The number of rotatable bonds is 6. The first-order valence-corrected chi connectivity index (χ1v) is 11.2. The molecule has 7 heteroatoms. The predicted molar refractivity (Wildman–Crippen MR) is 119 cm³/mol. The number of amides is 1. The van der Waals surface area contributed by atoms with E-state index in [2.05, 4.69) is 17.1 Å². The van der Waals surface area contributed by atoms with Crippen molar-refractivity contribution < 1.29 is 9.53 Å². The van der Waals surface area contributed by atoms with Gasteiger partial charge in [0.15, 0.2) is 11.0 Å². The maximum absolute atomic E-state index is 12.8. The van der Waals surface area contributed by atoms with Gasteiger partial charge in [0.05, 0.1) is 12.9 Å². The molecule has 1 aliphatic rings. The monoisotopic (exact) mass is 422 g/mol. The SMILES string of the molecule is COc1cccc(-c2nnc(SCC(=O)N3CCCC[C@H]3C)n2-c2ccccc2)c1. The third kappa shape index (κ3) is 4.36. The largest absolute Gasteiger partial charge is 0.497 e. The molecule has 3 aromatic rings. The van der Waals surface area contributed by atoms with Crippen molar-refractivity contribution in [2.75, 3.05) is 19.4 Å². The molecule has 0 spiro atoms. The molecular weight excluding hydrogens is 396 g/mol. The second-order valence-corrected chi connectivity index (χ2v) is 8.37. The summed E-state index contributed by atoms with van der Waals surface area (Å²) in [6, 6.07) is 18.1. The average molecular weight is 423 g/mol. The third-order valence-corrected chi connectivity index (χ3v) is 6.34. The van der Waals surface area contributed by atoms with Crippen LogP contribution < -0.4 is 4.74 Å². The van der Waals surface area contributed by atoms with E-state index in [1.807, 2.05) is 64.1 Å². The Kier molecular flexibility index (Phi) is 6.38. The number of benzene rings is 2. The predicted octanol–water partition coefficient (Wildman–Crippen LogP) is 4.44. The number of thioether (sulfide) groups is 1. The molecule has 1 aliphatic heterocycles. The van der Waals surface area contributed by atoms with Gasteiger partial charge in [0.25, 0.3) is 0 Å². The van der Waals surface area contributed by atoms with Crippen LogP contribution in [0.5, 0.6) is 5.75 Å². The van der Waals surface area contributed by atoms with E-state index in [1.54, 1.807) is 7.11 Å². The highest BCUT2D eigenvalue weighted by molar-refractivity contribution is 7.99. The van der Waals surface area contributed by atoms with E-state index in [0.717, 1.165) is 42.2 Å². The zero-order valence-electron chi connectivity index (χ0n) is 17.3. The normalized spacial score (nSPS) is 16.5. The first-order valence-electron chi connectivity index (χ1n) is 10.2. The second-order valence-electron chi connectivity index (χ2n) is 7.43. The molecule has 6 nitrogen and oxygen atoms in total. The summed E-state index contributed by atoms with van der Waals surface area (Å²) in [7, 11) is 1.65. The lowest BCUT2D eigenvalue weighted by Gasteiger charge is -2.33. The van der Waals surface area contributed by atoms with E-state index >= 15 is 0 Å². The van der Waals surface area contributed by atoms with E-state index in [0.29, 0.717) is 17.0 Å². The molecular formula is C23H26N4O2S. The maximum atomic E-state index is 12.8. The summed E-state index contributed by atoms with van der Waals surface area (Å²) >= 11 is 1.44. The minimum atomic E-state index is 0.165. The van der Waals surface area contributed by atoms with Crippen LogP contribution in [0.15, 0.2) is 59.8 Å². The summed E-state index contributed by atoms with van der Waals surface area (Å²) in [5, 5.41) is 9.59. The number of piperidine rings is 1. The number of hydrogen-bond donors (Lipinski definition) is 0. The van der Waals surface area contributed by atoms with Gasteiger partial charge < -0.3 is 9.64 Å². The van der Waals surface area contributed by atoms with Gasteiger partial charge in [-0.05, 0) is 50.5 Å². The van der Waals surface area contributed by atoms with E-state index < -0.39 is 0 Å². The van der Waals surface area contributed by atoms with Gasteiger partial charge in [0.2, 0.25) is 5.91 Å². The van der Waals surface area contributed by atoms with Gasteiger partial charge in [-0.15, -0.1) is 10.2 Å². The average Bonchev–Trinajstić information content (AvgIpc) is 3.22. The van der Waals surface area contributed by atoms with Crippen molar-refractivity contribution in [3.05, 3.63) is 54.6 Å². The molecule has 1 aromatic heterocycles. The van der Waals surface area contributed by atoms with Crippen LogP contribution in [0.4, 0.5) is 0 Å². The van der Waals surface area contributed by atoms with Crippen LogP contribution in [0.3, 0.4) is 0 Å². The number of carbonyl (C=O) groups is 1. The Labute approximate surface area is 181 Å². The molecule has 1 saturated heterocycles. The van der Waals surface area contributed by atoms with Crippen molar-refractivity contribution in [2.24, 2.45) is 0 Å². The van der Waals surface area contributed by atoms with Gasteiger partial charge in [-0.3, -0.25) is 9.36 Å². The Morgan fingerprint density at radius 1 is 1.13 bits per heavy atom. The molecule has 30 heavy (non-hydrogen) atoms. The fraction of sp³-hybridized carbons (Fsp3) is 0.348. The van der Waals surface area contributed by atoms with Crippen LogP contribution in [0.2, 0.25) is 0 Å². The molecule has 2 aromatic carbocycles. The van der Waals surface area contributed by atoms with Crippen LogP contribution in [0.25, 0.3) is 17.1 Å². The second kappa shape index (κ2) is 9.34. The van der Waals surface area contributed by atoms with Crippen molar-refractivity contribution in [1.29, 1.82) is 0 Å². The van der Waals surface area contributed by atoms with Crippen LogP contribution in [0.1, 0.15) is 26.2 Å². The lowest BCUT2D eigenvalue weighted by molar-refractivity contribution is -0.131. The number of likely N-dealkylation sites (tertiary alicyclic amines) is 1. The van der Waals surface area contributed by atoms with Crippen LogP contribution in [-0.4, -0.2) is 51.0 Å². The van der Waals surface area contributed by atoms with Crippen molar-refractivity contribution in [1.82, 2.24) is 19.7 Å². The summed E-state index contributed by atoms with van der Waals surface area (Å²) < 4.78 is 7.38. The van der Waals surface area contributed by atoms with E-state index in [-0.39, 0.29) is 5.91 Å². The van der Waals surface area contributed by atoms with Crippen LogP contribution in [-0.2, 0) is 4.79 Å². The maximum Gasteiger partial charge on any atom is 0.233 e. The molecule has 1 fully saturated rings. The summed E-state index contributed by atoms with van der Waals surface area (Å²) in [5.74, 6) is 2.01. The molecule has 4 rings (SSSR count). The minimum absolute atomic E-state index is 0.165. The van der Waals surface area contributed by atoms with Gasteiger partial charge in [0.1, 0.15) is 5.75 Å².